The fourth-order valence-corrected chi connectivity index (χ4v) is 2.85. The van der Waals surface area contributed by atoms with Crippen LogP contribution in [0, 0.1) is 16.0 Å². The van der Waals surface area contributed by atoms with Gasteiger partial charge in [-0.15, -0.1) is 0 Å². The second kappa shape index (κ2) is 9.21. The van der Waals surface area contributed by atoms with Crippen molar-refractivity contribution in [3.63, 3.8) is 0 Å². The predicted molar refractivity (Wildman–Crippen MR) is 105 cm³/mol. The Morgan fingerprint density at radius 3 is 2.67 bits per heavy atom. The van der Waals surface area contributed by atoms with Crippen LogP contribution in [-0.2, 0) is 0 Å². The van der Waals surface area contributed by atoms with Crippen molar-refractivity contribution in [2.24, 2.45) is 5.92 Å². The second-order valence-corrected chi connectivity index (χ2v) is 6.51. The molecule has 0 aliphatic rings. The van der Waals surface area contributed by atoms with Crippen molar-refractivity contribution in [1.29, 1.82) is 0 Å². The number of hydrogen-bond donors (Lipinski definition) is 1. The molecule has 1 N–H and O–H groups in total. The summed E-state index contributed by atoms with van der Waals surface area (Å²) in [6, 6.07) is 4.29. The van der Waals surface area contributed by atoms with Gasteiger partial charge in [0.05, 0.1) is 22.8 Å². The first-order valence-corrected chi connectivity index (χ1v) is 9.21. The highest BCUT2D eigenvalue weighted by molar-refractivity contribution is 5.89. The minimum Gasteiger partial charge on any atom is -0.485 e. The maximum Gasteiger partial charge on any atom is 0.294 e. The maximum absolute atomic E-state index is 12.6. The zero-order valence-electron chi connectivity index (χ0n) is 16.2. The molecule has 0 aliphatic heterocycles. The lowest BCUT2D eigenvalue weighted by Crippen LogP contribution is -2.17. The van der Waals surface area contributed by atoms with Crippen molar-refractivity contribution in [2.45, 2.75) is 47.0 Å². The lowest BCUT2D eigenvalue weighted by molar-refractivity contribution is -0.384. The Balaban J connectivity index is 2.57. The Morgan fingerprint density at radius 1 is 1.33 bits per heavy atom. The molecule has 7 heteroatoms. The van der Waals surface area contributed by atoms with Gasteiger partial charge in [0.1, 0.15) is 0 Å². The van der Waals surface area contributed by atoms with E-state index in [1.807, 2.05) is 19.9 Å². The number of nitro groups is 1. The normalized spacial score (nSPS) is 12.8. The summed E-state index contributed by atoms with van der Waals surface area (Å²) in [4.78, 5) is 25.8. The molecule has 1 atom stereocenters. The number of aromatic nitrogens is 1. The molecule has 0 amide bonds. The number of aromatic amines is 1. The van der Waals surface area contributed by atoms with Crippen LogP contribution in [-0.4, -0.2) is 16.5 Å². The van der Waals surface area contributed by atoms with Gasteiger partial charge in [0.15, 0.2) is 5.75 Å². The summed E-state index contributed by atoms with van der Waals surface area (Å²) in [5.74, 6) is 1.38. The fraction of sp³-hybridized carbons (Fsp3) is 0.450. The Hall–Kier alpha value is -2.83. The number of H-pyrrole nitrogens is 1. The Bertz CT molecular complexity index is 901. The Kier molecular flexibility index (Phi) is 6.98. The molecule has 1 aromatic heterocycles. The van der Waals surface area contributed by atoms with E-state index in [0.717, 1.165) is 12.8 Å². The van der Waals surface area contributed by atoms with Crippen LogP contribution < -0.4 is 15.0 Å². The number of rotatable bonds is 9. The Morgan fingerprint density at radius 2 is 2.07 bits per heavy atom. The summed E-state index contributed by atoms with van der Waals surface area (Å²) < 4.78 is 11.8. The van der Waals surface area contributed by atoms with Crippen LogP contribution in [0.2, 0.25) is 0 Å². The molecule has 0 fully saturated rings. The number of nitro benzene ring substituents is 1. The van der Waals surface area contributed by atoms with E-state index in [4.69, 9.17) is 9.47 Å². The monoisotopic (exact) mass is 374 g/mol. The summed E-state index contributed by atoms with van der Waals surface area (Å²) in [7, 11) is 0. The molecule has 0 bridgehead atoms. The van der Waals surface area contributed by atoms with Gasteiger partial charge < -0.3 is 14.5 Å². The van der Waals surface area contributed by atoms with Gasteiger partial charge in [-0.1, -0.05) is 27.2 Å². The molecule has 146 valence electrons. The minimum atomic E-state index is -0.501. The van der Waals surface area contributed by atoms with E-state index in [1.54, 1.807) is 6.07 Å². The summed E-state index contributed by atoms with van der Waals surface area (Å²) in [6.07, 6.45) is 4.48. The van der Waals surface area contributed by atoms with E-state index in [9.17, 15) is 14.9 Å². The quantitative estimate of drug-likeness (QED) is 0.381. The summed E-state index contributed by atoms with van der Waals surface area (Å²) in [6.45, 7) is 8.34. The standard InChI is InChI=1S/C20H26N2O5/c1-5-8-13(4)12-26-19-18(27-15(6-2)7-3)16-10-9-14(22(24)25)11-17(16)21-20(19)23/h6,9-11,13H,5,7-8,12H2,1-4H3,(H,21,23). The number of ether oxygens (including phenoxy) is 2. The Labute approximate surface area is 158 Å². The van der Waals surface area contributed by atoms with Gasteiger partial charge in [0.25, 0.3) is 11.2 Å². The van der Waals surface area contributed by atoms with Crippen LogP contribution >= 0.6 is 0 Å². The van der Waals surface area contributed by atoms with Gasteiger partial charge in [-0.05, 0) is 31.4 Å². The van der Waals surface area contributed by atoms with Crippen LogP contribution in [0.1, 0.15) is 47.0 Å². The topological polar surface area (TPSA) is 94.5 Å². The number of fused-ring (bicyclic) bond motifs is 1. The van der Waals surface area contributed by atoms with Gasteiger partial charge >= 0.3 is 0 Å². The third kappa shape index (κ3) is 4.87. The molecule has 1 unspecified atom stereocenters. The average Bonchev–Trinajstić information content (AvgIpc) is 2.64. The zero-order valence-corrected chi connectivity index (χ0v) is 16.2. The molecule has 0 aliphatic carbocycles. The number of nitrogens with zero attached hydrogens (tertiary/aromatic N) is 1. The van der Waals surface area contributed by atoms with E-state index in [1.165, 1.54) is 12.1 Å². The largest absolute Gasteiger partial charge is 0.485 e. The van der Waals surface area contributed by atoms with E-state index >= 15 is 0 Å². The molecule has 1 heterocycles. The molecule has 0 radical (unpaired) electrons. The van der Waals surface area contributed by atoms with Gasteiger partial charge in [-0.2, -0.15) is 0 Å². The molecular formula is C20H26N2O5. The lowest BCUT2D eigenvalue weighted by atomic mass is 10.1. The maximum atomic E-state index is 12.6. The number of allylic oxidation sites excluding steroid dienone is 2. The van der Waals surface area contributed by atoms with E-state index in [2.05, 4.69) is 18.8 Å². The molecule has 2 aromatic rings. The number of hydrogen-bond acceptors (Lipinski definition) is 5. The van der Waals surface area contributed by atoms with Crippen LogP contribution in [0.15, 0.2) is 34.8 Å². The first-order valence-electron chi connectivity index (χ1n) is 9.21. The number of pyridine rings is 1. The third-order valence-electron chi connectivity index (χ3n) is 4.32. The smallest absolute Gasteiger partial charge is 0.294 e. The van der Waals surface area contributed by atoms with Gasteiger partial charge in [0, 0.05) is 23.9 Å². The number of non-ortho nitro benzene ring substituents is 1. The number of nitrogens with one attached hydrogen (secondary N) is 1. The second-order valence-electron chi connectivity index (χ2n) is 6.51. The van der Waals surface area contributed by atoms with Crippen LogP contribution in [0.5, 0.6) is 11.5 Å². The molecule has 0 spiro atoms. The SMILES string of the molecule is CC=C(CC)Oc1c(OCC(C)CCC)c(=O)[nH]c2cc([N+](=O)[O-])ccc12. The van der Waals surface area contributed by atoms with Crippen LogP contribution in [0.4, 0.5) is 5.69 Å². The first kappa shape index (κ1) is 20.5. The summed E-state index contributed by atoms with van der Waals surface area (Å²) >= 11 is 0. The summed E-state index contributed by atoms with van der Waals surface area (Å²) in [5, 5.41) is 11.6. The van der Waals surface area contributed by atoms with Crippen molar-refractivity contribution >= 4 is 16.6 Å². The van der Waals surface area contributed by atoms with Crippen molar-refractivity contribution in [3.05, 3.63) is 50.5 Å². The molecule has 7 nitrogen and oxygen atoms in total. The van der Waals surface area contributed by atoms with Crippen molar-refractivity contribution in [1.82, 2.24) is 4.98 Å². The first-order chi connectivity index (χ1) is 12.9. The molecule has 0 saturated heterocycles. The number of benzene rings is 1. The minimum absolute atomic E-state index is 0.101. The highest BCUT2D eigenvalue weighted by atomic mass is 16.6. The van der Waals surface area contributed by atoms with Crippen molar-refractivity contribution in [3.8, 4) is 11.5 Å². The predicted octanol–water partition coefficient (Wildman–Crippen LogP) is 4.94. The van der Waals surface area contributed by atoms with E-state index in [0.29, 0.717) is 41.4 Å². The average molecular weight is 374 g/mol. The van der Waals surface area contributed by atoms with Crippen molar-refractivity contribution in [2.75, 3.05) is 6.61 Å². The molecule has 2 rings (SSSR count). The van der Waals surface area contributed by atoms with Gasteiger partial charge in [-0.25, -0.2) is 0 Å². The van der Waals surface area contributed by atoms with E-state index in [-0.39, 0.29) is 11.4 Å². The molecule has 1 aromatic carbocycles. The molecular weight excluding hydrogens is 348 g/mol. The van der Waals surface area contributed by atoms with Gasteiger partial charge in [-0.3, -0.25) is 14.9 Å². The molecule has 0 saturated carbocycles. The van der Waals surface area contributed by atoms with Crippen LogP contribution in [0.3, 0.4) is 0 Å². The van der Waals surface area contributed by atoms with Gasteiger partial charge in [0.2, 0.25) is 5.75 Å². The third-order valence-corrected chi connectivity index (χ3v) is 4.32. The zero-order chi connectivity index (χ0) is 20.0. The van der Waals surface area contributed by atoms with E-state index < -0.39 is 10.5 Å². The summed E-state index contributed by atoms with van der Waals surface area (Å²) in [5.41, 5.74) is -0.228. The van der Waals surface area contributed by atoms with Crippen LogP contribution in [0.25, 0.3) is 10.9 Å². The molecule has 27 heavy (non-hydrogen) atoms. The highest BCUT2D eigenvalue weighted by Crippen LogP contribution is 2.35. The van der Waals surface area contributed by atoms with Crippen molar-refractivity contribution < 1.29 is 14.4 Å². The highest BCUT2D eigenvalue weighted by Gasteiger charge is 2.20. The lowest BCUT2D eigenvalue weighted by Gasteiger charge is -2.17. The fourth-order valence-electron chi connectivity index (χ4n) is 2.85.